The Bertz CT molecular complexity index is 569. The first-order valence-electron chi connectivity index (χ1n) is 5.93. The van der Waals surface area contributed by atoms with Gasteiger partial charge in [-0.25, -0.2) is 0 Å². The Labute approximate surface area is 155 Å². The van der Waals surface area contributed by atoms with E-state index in [0.717, 1.165) is 3.57 Å². The molecular formula is C10H13Cl3IN7O. The minimum Gasteiger partial charge on any atom is -0.339 e. The second-order valence-electron chi connectivity index (χ2n) is 4.14. The van der Waals surface area contributed by atoms with E-state index < -0.39 is 9.58 Å². The molecule has 0 saturated heterocycles. The van der Waals surface area contributed by atoms with Gasteiger partial charge in [0.1, 0.15) is 0 Å². The van der Waals surface area contributed by atoms with Gasteiger partial charge in [0.05, 0.1) is 24.8 Å². The Morgan fingerprint density at radius 2 is 1.95 bits per heavy atom. The molecule has 12 heteroatoms. The Hall–Kier alpha value is -0.650. The Morgan fingerprint density at radius 1 is 1.32 bits per heavy atom. The minimum absolute atomic E-state index is 0.238. The molecule has 0 aliphatic heterocycles. The number of alkyl halides is 3. The summed E-state index contributed by atoms with van der Waals surface area (Å²) < 4.78 is 0.438. The first-order chi connectivity index (χ1) is 10.3. The molecule has 1 rings (SSSR count). The molecule has 0 aliphatic carbocycles. The minimum atomic E-state index is -2.05. The predicted octanol–water partition coefficient (Wildman–Crippen LogP) is 3.23. The molecule has 4 N–H and O–H groups in total. The highest BCUT2D eigenvalue weighted by Crippen LogP contribution is 2.32. The summed E-state index contributed by atoms with van der Waals surface area (Å²) in [5.41, 5.74) is 0.256. The van der Waals surface area contributed by atoms with E-state index in [1.807, 2.05) is 0 Å². The van der Waals surface area contributed by atoms with E-state index in [1.54, 1.807) is 16.8 Å². The van der Waals surface area contributed by atoms with Crippen LogP contribution in [0.25, 0.3) is 0 Å². The maximum absolute atomic E-state index is 12.2. The summed E-state index contributed by atoms with van der Waals surface area (Å²) in [4.78, 5) is 12.2. The summed E-state index contributed by atoms with van der Waals surface area (Å²) in [6.07, 6.45) is 2.26. The number of ketones is 1. The lowest BCUT2D eigenvalue weighted by Crippen LogP contribution is -2.25. The molecule has 122 valence electrons. The van der Waals surface area contributed by atoms with Gasteiger partial charge in [0.2, 0.25) is 5.78 Å². The van der Waals surface area contributed by atoms with Gasteiger partial charge in [0, 0.05) is 9.77 Å². The van der Waals surface area contributed by atoms with E-state index in [-0.39, 0.29) is 18.3 Å². The topological polar surface area (TPSA) is 123 Å². The number of aromatic nitrogens is 1. The van der Waals surface area contributed by atoms with Crippen molar-refractivity contribution in [1.82, 2.24) is 4.57 Å². The van der Waals surface area contributed by atoms with E-state index in [1.165, 1.54) is 0 Å². The molecule has 0 saturated carbocycles. The van der Waals surface area contributed by atoms with Crippen molar-refractivity contribution in [2.75, 3.05) is 13.1 Å². The van der Waals surface area contributed by atoms with Crippen LogP contribution < -0.4 is 11.7 Å². The molecule has 0 aliphatic rings. The maximum Gasteiger partial charge on any atom is 0.255 e. The Morgan fingerprint density at radius 3 is 2.50 bits per heavy atom. The first-order valence-corrected chi connectivity index (χ1v) is 8.14. The van der Waals surface area contributed by atoms with Gasteiger partial charge in [-0.15, -0.1) is 0 Å². The smallest absolute Gasteiger partial charge is 0.255 e. The molecule has 1 heterocycles. The third kappa shape index (κ3) is 5.52. The lowest BCUT2D eigenvalue weighted by atomic mass is 10.2. The van der Waals surface area contributed by atoms with Gasteiger partial charge in [-0.2, -0.15) is 10.2 Å². The van der Waals surface area contributed by atoms with Crippen molar-refractivity contribution in [2.24, 2.45) is 32.4 Å². The van der Waals surface area contributed by atoms with E-state index >= 15 is 0 Å². The highest BCUT2D eigenvalue weighted by atomic mass is 127. The van der Waals surface area contributed by atoms with Crippen molar-refractivity contribution in [1.29, 1.82) is 0 Å². The summed E-state index contributed by atoms with van der Waals surface area (Å²) in [7, 11) is 0. The van der Waals surface area contributed by atoms with E-state index in [2.05, 4.69) is 43.3 Å². The third-order valence-electron chi connectivity index (χ3n) is 2.72. The molecule has 8 nitrogen and oxygen atoms in total. The van der Waals surface area contributed by atoms with Crippen LogP contribution in [0.15, 0.2) is 32.9 Å². The van der Waals surface area contributed by atoms with Crippen molar-refractivity contribution in [2.45, 2.75) is 16.3 Å². The van der Waals surface area contributed by atoms with Gasteiger partial charge in [-0.3, -0.25) is 4.79 Å². The molecule has 1 aromatic rings. The van der Waals surface area contributed by atoms with Crippen LogP contribution in [-0.4, -0.2) is 27.2 Å². The number of carbonyl (C=O) groups excluding carboxylic acids is 1. The zero-order valence-electron chi connectivity index (χ0n) is 11.2. The maximum atomic E-state index is 12.2. The van der Waals surface area contributed by atoms with E-state index in [4.69, 9.17) is 46.5 Å². The number of nitrogens with zero attached hydrogens (tertiary/aromatic N) is 5. The number of hydrogen-bond acceptors (Lipinski definition) is 5. The van der Waals surface area contributed by atoms with Crippen LogP contribution in [-0.2, 0) is 0 Å². The summed E-state index contributed by atoms with van der Waals surface area (Å²) >= 11 is 19.1. The largest absolute Gasteiger partial charge is 0.339 e. The molecule has 0 radical (unpaired) electrons. The van der Waals surface area contributed by atoms with Crippen LogP contribution >= 0.6 is 57.4 Å². The van der Waals surface area contributed by atoms with Crippen molar-refractivity contribution < 1.29 is 4.79 Å². The molecule has 0 fully saturated rings. The van der Waals surface area contributed by atoms with Crippen LogP contribution in [0, 0.1) is 3.57 Å². The summed E-state index contributed by atoms with van der Waals surface area (Å²) in [6, 6.07) is 1.37. The van der Waals surface area contributed by atoms with E-state index in [9.17, 15) is 4.79 Å². The zero-order chi connectivity index (χ0) is 16.8. The molecule has 1 atom stereocenters. The number of carbonyl (C=O) groups is 1. The van der Waals surface area contributed by atoms with Crippen molar-refractivity contribution in [3.05, 3.63) is 21.5 Å². The molecule has 0 bridgehead atoms. The van der Waals surface area contributed by atoms with Gasteiger partial charge >= 0.3 is 0 Å². The van der Waals surface area contributed by atoms with Crippen LogP contribution in [0.5, 0.6) is 0 Å². The molecule has 0 aromatic carbocycles. The predicted molar refractivity (Wildman–Crippen MR) is 93.2 cm³/mol. The quantitative estimate of drug-likeness (QED) is 0.155. The highest BCUT2D eigenvalue weighted by Gasteiger charge is 2.35. The fourth-order valence-electron chi connectivity index (χ4n) is 1.80. The molecule has 0 unspecified atom stereocenters. The highest BCUT2D eigenvalue weighted by molar-refractivity contribution is 14.1. The normalized spacial score (nSPS) is 14.0. The third-order valence-corrected chi connectivity index (χ3v) is 3.82. The van der Waals surface area contributed by atoms with Gasteiger partial charge in [-0.05, 0) is 35.1 Å². The molecule has 22 heavy (non-hydrogen) atoms. The summed E-state index contributed by atoms with van der Waals surface area (Å²) in [5.74, 6) is 9.38. The van der Waals surface area contributed by atoms with Crippen molar-refractivity contribution in [3.8, 4) is 0 Å². The Kier molecular flexibility index (Phi) is 7.80. The number of Topliss-reactive ketones (excluding diaryl/α,β-unsaturated/α-hetero) is 1. The van der Waals surface area contributed by atoms with Crippen LogP contribution in [0.3, 0.4) is 0 Å². The molecule has 1 aromatic heterocycles. The molecular weight excluding hydrogens is 467 g/mol. The van der Waals surface area contributed by atoms with Gasteiger partial charge < -0.3 is 16.3 Å². The SMILES string of the molecule is NN=NCC[C@@H](CN=NN)n1cc(I)cc1C(=O)C(Cl)(Cl)Cl. The monoisotopic (exact) mass is 479 g/mol. The Balaban J connectivity index is 3.15. The average Bonchev–Trinajstić information content (AvgIpc) is 2.82. The fourth-order valence-corrected chi connectivity index (χ4v) is 2.68. The molecule has 0 spiro atoms. The van der Waals surface area contributed by atoms with Gasteiger partial charge in [0.25, 0.3) is 3.79 Å². The second-order valence-corrected chi connectivity index (χ2v) is 7.67. The fraction of sp³-hybridized carbons (Fsp3) is 0.500. The standard InChI is InChI=1S/C10H13Cl3IN7O/c11-10(12,13)9(22)8-3-6(14)5-21(8)7(4-18-20-16)1-2-17-19-15/h3,5,7H,1-2,4H2,(H2,15,17)(H2,16,18)/t7-/m0/s1. The van der Waals surface area contributed by atoms with E-state index in [0.29, 0.717) is 13.0 Å². The van der Waals surface area contributed by atoms with Gasteiger partial charge in [0.15, 0.2) is 0 Å². The van der Waals surface area contributed by atoms with Crippen LogP contribution in [0.2, 0.25) is 0 Å². The average molecular weight is 481 g/mol. The van der Waals surface area contributed by atoms with Crippen LogP contribution in [0.1, 0.15) is 23.0 Å². The number of halogens is 4. The van der Waals surface area contributed by atoms with Crippen molar-refractivity contribution in [3.63, 3.8) is 0 Å². The summed E-state index contributed by atoms with van der Waals surface area (Å²) in [5, 5.41) is 13.9. The van der Waals surface area contributed by atoms with Crippen molar-refractivity contribution >= 4 is 63.2 Å². The van der Waals surface area contributed by atoms with Gasteiger partial charge in [-0.1, -0.05) is 45.2 Å². The lowest BCUT2D eigenvalue weighted by Gasteiger charge is -2.19. The number of nitrogens with two attached hydrogens (primary N) is 2. The second kappa shape index (κ2) is 8.85. The first kappa shape index (κ1) is 19.4. The zero-order valence-corrected chi connectivity index (χ0v) is 15.6. The number of rotatable bonds is 7. The van der Waals surface area contributed by atoms with Crippen LogP contribution in [0.4, 0.5) is 0 Å². The lowest BCUT2D eigenvalue weighted by molar-refractivity contribution is 0.0985. The number of hydrogen-bond donors (Lipinski definition) is 2. The molecule has 0 amide bonds. The summed E-state index contributed by atoms with van der Waals surface area (Å²) in [6.45, 7) is 0.582.